The highest BCUT2D eigenvalue weighted by Crippen LogP contribution is 2.14. The van der Waals surface area contributed by atoms with Crippen molar-refractivity contribution in [2.45, 2.75) is 46.7 Å². The fourth-order valence-corrected chi connectivity index (χ4v) is 3.52. The first-order valence-corrected chi connectivity index (χ1v) is 9.32. The quantitative estimate of drug-likeness (QED) is 0.661. The molecule has 2 unspecified atom stereocenters. The van der Waals surface area contributed by atoms with E-state index in [1.165, 1.54) is 4.31 Å². The van der Waals surface area contributed by atoms with Crippen LogP contribution in [-0.2, 0) is 10.0 Å². The number of nitrogens with one attached hydrogen (secondary N) is 2. The smallest absolute Gasteiger partial charge is 0.213 e. The van der Waals surface area contributed by atoms with Crippen molar-refractivity contribution in [2.24, 2.45) is 4.99 Å². The van der Waals surface area contributed by atoms with Crippen LogP contribution < -0.4 is 10.6 Å². The van der Waals surface area contributed by atoms with Crippen molar-refractivity contribution in [1.29, 1.82) is 0 Å². The highest BCUT2D eigenvalue weighted by molar-refractivity contribution is 7.89. The molecule has 6 nitrogen and oxygen atoms in total. The molecule has 1 aliphatic rings. The summed E-state index contributed by atoms with van der Waals surface area (Å²) < 4.78 is 25.5. The number of hydrogen-bond acceptors (Lipinski definition) is 5. The first-order valence-electron chi connectivity index (χ1n) is 7.71. The van der Waals surface area contributed by atoms with E-state index in [1.54, 1.807) is 13.3 Å². The molecule has 0 saturated carbocycles. The highest BCUT2D eigenvalue weighted by Gasteiger charge is 2.22. The molecule has 0 fully saturated rings. The molecule has 0 aromatic carbocycles. The first kappa shape index (κ1) is 18.7. The van der Waals surface area contributed by atoms with Crippen molar-refractivity contribution in [1.82, 2.24) is 14.9 Å². The molecule has 1 heterocycles. The van der Waals surface area contributed by atoms with Crippen molar-refractivity contribution in [2.75, 3.05) is 18.8 Å². The Hall–Kier alpha value is -1.34. The van der Waals surface area contributed by atoms with Gasteiger partial charge in [-0.25, -0.2) is 12.7 Å². The van der Waals surface area contributed by atoms with Gasteiger partial charge in [-0.2, -0.15) is 0 Å². The number of hydrogen-bond donors (Lipinski definition) is 2. The molecule has 0 aromatic heterocycles. The largest absolute Gasteiger partial charge is 0.368 e. The monoisotopic (exact) mass is 328 g/mol. The lowest BCUT2D eigenvalue weighted by atomic mass is 10.1. The summed E-state index contributed by atoms with van der Waals surface area (Å²) in [5.74, 6) is 1.03. The third-order valence-electron chi connectivity index (χ3n) is 3.64. The van der Waals surface area contributed by atoms with Crippen LogP contribution in [0.3, 0.4) is 0 Å². The van der Waals surface area contributed by atoms with E-state index < -0.39 is 10.0 Å². The Morgan fingerprint density at radius 2 is 2.18 bits per heavy atom. The second-order valence-electron chi connectivity index (χ2n) is 5.35. The zero-order valence-corrected chi connectivity index (χ0v) is 14.9. The number of sulfonamides is 1. The molecular weight excluding hydrogens is 300 g/mol. The van der Waals surface area contributed by atoms with E-state index in [1.807, 2.05) is 39.8 Å². The van der Waals surface area contributed by atoms with E-state index in [2.05, 4.69) is 15.6 Å². The molecule has 0 spiro atoms. The third-order valence-corrected chi connectivity index (χ3v) is 5.56. The van der Waals surface area contributed by atoms with E-state index in [0.29, 0.717) is 13.1 Å². The second kappa shape index (κ2) is 8.33. The average molecular weight is 328 g/mol. The van der Waals surface area contributed by atoms with E-state index in [9.17, 15) is 8.42 Å². The molecule has 126 valence electrons. The van der Waals surface area contributed by atoms with Gasteiger partial charge in [-0.3, -0.25) is 4.99 Å². The maximum atomic E-state index is 12.0. The number of allylic oxidation sites excluding steroid dienone is 1. The first-order chi connectivity index (χ1) is 10.4. The van der Waals surface area contributed by atoms with Gasteiger partial charge in [-0.15, -0.1) is 0 Å². The summed E-state index contributed by atoms with van der Waals surface area (Å²) in [6.45, 7) is 10.4. The van der Waals surface area contributed by atoms with Gasteiger partial charge in [-0.05, 0) is 33.3 Å². The Kier molecular flexibility index (Phi) is 7.09. The maximum Gasteiger partial charge on any atom is 0.213 e. The lowest BCUT2D eigenvalue weighted by Crippen LogP contribution is -2.45. The lowest BCUT2D eigenvalue weighted by Gasteiger charge is -2.28. The summed E-state index contributed by atoms with van der Waals surface area (Å²) >= 11 is 0. The van der Waals surface area contributed by atoms with Gasteiger partial charge in [0.25, 0.3) is 0 Å². The predicted molar refractivity (Wildman–Crippen MR) is 92.2 cm³/mol. The molecule has 22 heavy (non-hydrogen) atoms. The molecule has 0 aliphatic carbocycles. The minimum atomic E-state index is -3.16. The summed E-state index contributed by atoms with van der Waals surface area (Å²) in [7, 11) is -3.16. The van der Waals surface area contributed by atoms with Crippen LogP contribution in [0.1, 0.15) is 34.6 Å². The average Bonchev–Trinajstić information content (AvgIpc) is 2.49. The van der Waals surface area contributed by atoms with Crippen LogP contribution in [0.5, 0.6) is 0 Å². The minimum absolute atomic E-state index is 0.00326. The lowest BCUT2D eigenvalue weighted by molar-refractivity contribution is 0.384. The Balaban J connectivity index is 2.76. The van der Waals surface area contributed by atoms with Crippen LogP contribution in [0, 0.1) is 0 Å². The summed E-state index contributed by atoms with van der Waals surface area (Å²) in [6, 6.07) is 0.0269. The SMILES string of the molecule is C/C=C\C1N=CNC(NC(C)CN(CC)S(=O)(=O)CC)=C1C. The van der Waals surface area contributed by atoms with Gasteiger partial charge >= 0.3 is 0 Å². The second-order valence-corrected chi connectivity index (χ2v) is 7.61. The molecule has 2 N–H and O–H groups in total. The molecule has 0 aromatic rings. The van der Waals surface area contributed by atoms with Crippen molar-refractivity contribution in [3.63, 3.8) is 0 Å². The minimum Gasteiger partial charge on any atom is -0.368 e. The van der Waals surface area contributed by atoms with Gasteiger partial charge in [0.05, 0.1) is 18.1 Å². The Labute approximate surface area is 134 Å². The summed E-state index contributed by atoms with van der Waals surface area (Å²) in [5, 5.41) is 6.46. The van der Waals surface area contributed by atoms with Crippen LogP contribution in [0.2, 0.25) is 0 Å². The Bertz CT molecular complexity index is 550. The summed E-state index contributed by atoms with van der Waals surface area (Å²) in [4.78, 5) is 4.36. The van der Waals surface area contributed by atoms with Gasteiger partial charge in [0.15, 0.2) is 0 Å². The van der Waals surface area contributed by atoms with Gasteiger partial charge in [-0.1, -0.05) is 19.1 Å². The Morgan fingerprint density at radius 3 is 2.73 bits per heavy atom. The van der Waals surface area contributed by atoms with Crippen LogP contribution in [0.15, 0.2) is 28.5 Å². The molecule has 1 aliphatic heterocycles. The third kappa shape index (κ3) is 4.84. The summed E-state index contributed by atoms with van der Waals surface area (Å²) in [6.07, 6.45) is 5.68. The zero-order chi connectivity index (χ0) is 16.8. The fraction of sp³-hybridized carbons (Fsp3) is 0.667. The number of nitrogens with zero attached hydrogens (tertiary/aromatic N) is 2. The van der Waals surface area contributed by atoms with E-state index in [-0.39, 0.29) is 17.8 Å². The zero-order valence-electron chi connectivity index (χ0n) is 14.1. The van der Waals surface area contributed by atoms with Crippen molar-refractivity contribution < 1.29 is 8.42 Å². The van der Waals surface area contributed by atoms with E-state index >= 15 is 0 Å². The Morgan fingerprint density at radius 1 is 1.50 bits per heavy atom. The van der Waals surface area contributed by atoms with Crippen molar-refractivity contribution in [3.8, 4) is 0 Å². The molecule has 7 heteroatoms. The summed E-state index contributed by atoms with van der Waals surface area (Å²) in [5.41, 5.74) is 1.09. The number of rotatable bonds is 8. The van der Waals surface area contributed by atoms with Gasteiger partial charge in [0.2, 0.25) is 10.0 Å². The van der Waals surface area contributed by atoms with Crippen LogP contribution >= 0.6 is 0 Å². The van der Waals surface area contributed by atoms with E-state index in [4.69, 9.17) is 0 Å². The molecule has 0 amide bonds. The van der Waals surface area contributed by atoms with Crippen LogP contribution in [0.25, 0.3) is 0 Å². The molecule has 1 rings (SSSR count). The van der Waals surface area contributed by atoms with Crippen molar-refractivity contribution >= 4 is 16.4 Å². The molecule has 0 saturated heterocycles. The van der Waals surface area contributed by atoms with Crippen LogP contribution in [-0.4, -0.2) is 50.0 Å². The van der Waals surface area contributed by atoms with Gasteiger partial charge in [0, 0.05) is 19.1 Å². The standard InChI is InChI=1S/C15H28N4O2S/c1-6-9-14-13(5)15(17-11-16-14)18-12(4)10-19(7-2)22(20,21)8-3/h6,9,11-12,14,18H,7-8,10H2,1-5H3,(H,16,17)/b9-6-. The molecule has 2 atom stereocenters. The number of aliphatic imine (C=N–C) groups is 1. The molecular formula is C15H28N4O2S. The van der Waals surface area contributed by atoms with Crippen LogP contribution in [0.4, 0.5) is 0 Å². The number of likely N-dealkylation sites (N-methyl/N-ethyl adjacent to an activating group) is 1. The molecule has 0 radical (unpaired) electrons. The topological polar surface area (TPSA) is 73.8 Å². The molecule has 0 bridgehead atoms. The fourth-order valence-electron chi connectivity index (χ4n) is 2.31. The maximum absolute atomic E-state index is 12.0. The predicted octanol–water partition coefficient (Wildman–Crippen LogP) is 1.44. The highest BCUT2D eigenvalue weighted by atomic mass is 32.2. The normalized spacial score (nSPS) is 20.5. The van der Waals surface area contributed by atoms with E-state index in [0.717, 1.165) is 11.4 Å². The van der Waals surface area contributed by atoms with Gasteiger partial charge < -0.3 is 10.6 Å². The van der Waals surface area contributed by atoms with Crippen molar-refractivity contribution in [3.05, 3.63) is 23.5 Å². The van der Waals surface area contributed by atoms with Gasteiger partial charge in [0.1, 0.15) is 5.82 Å².